The van der Waals surface area contributed by atoms with Crippen LogP contribution < -0.4 is 4.72 Å². The number of rotatable bonds is 6. The highest BCUT2D eigenvalue weighted by atomic mass is 32.2. The lowest BCUT2D eigenvalue weighted by atomic mass is 9.87. The summed E-state index contributed by atoms with van der Waals surface area (Å²) in [6.45, 7) is 4.41. The lowest BCUT2D eigenvalue weighted by molar-refractivity contribution is 0.356. The third-order valence-electron chi connectivity index (χ3n) is 4.45. The highest BCUT2D eigenvalue weighted by Crippen LogP contribution is 2.29. The van der Waals surface area contributed by atoms with E-state index in [1.807, 2.05) is 6.92 Å². The van der Waals surface area contributed by atoms with Gasteiger partial charge in [0, 0.05) is 19.2 Å². The molecule has 0 spiro atoms. The molecule has 0 aliphatic heterocycles. The zero-order valence-corrected chi connectivity index (χ0v) is 15.7. The van der Waals surface area contributed by atoms with E-state index in [4.69, 9.17) is 0 Å². The van der Waals surface area contributed by atoms with E-state index in [9.17, 15) is 8.42 Å². The van der Waals surface area contributed by atoms with E-state index in [1.165, 1.54) is 43.4 Å². The van der Waals surface area contributed by atoms with Crippen molar-refractivity contribution in [2.24, 2.45) is 5.92 Å². The van der Waals surface area contributed by atoms with Gasteiger partial charge < -0.3 is 4.57 Å². The number of aryl methyl sites for hydroxylation is 2. The maximum Gasteiger partial charge on any atom is 0.282 e. The van der Waals surface area contributed by atoms with Gasteiger partial charge in [0.05, 0.1) is 0 Å². The summed E-state index contributed by atoms with van der Waals surface area (Å²) in [5.41, 5.74) is 0. The molecule has 0 atom stereocenters. The van der Waals surface area contributed by atoms with E-state index < -0.39 is 10.0 Å². The Morgan fingerprint density at radius 2 is 2.04 bits per heavy atom. The molecule has 1 aliphatic carbocycles. The minimum absolute atomic E-state index is 0.0193. The molecular formula is C15H23N5O2S2. The highest BCUT2D eigenvalue weighted by molar-refractivity contribution is 7.92. The topological polar surface area (TPSA) is 89.8 Å². The third kappa shape index (κ3) is 3.94. The van der Waals surface area contributed by atoms with E-state index in [0.717, 1.165) is 11.4 Å². The van der Waals surface area contributed by atoms with Gasteiger partial charge in [0.15, 0.2) is 5.03 Å². The first-order valence-electron chi connectivity index (χ1n) is 8.37. The number of sulfonamides is 1. The number of nitrogens with zero attached hydrogens (tertiary/aromatic N) is 4. The van der Waals surface area contributed by atoms with Crippen LogP contribution >= 0.6 is 11.3 Å². The van der Waals surface area contributed by atoms with Crippen LogP contribution in [-0.4, -0.2) is 28.2 Å². The first-order chi connectivity index (χ1) is 11.5. The van der Waals surface area contributed by atoms with Crippen LogP contribution in [0.25, 0.3) is 0 Å². The molecule has 9 heteroatoms. The molecule has 2 heterocycles. The zero-order valence-electron chi connectivity index (χ0n) is 14.0. The van der Waals surface area contributed by atoms with Gasteiger partial charge in [0.1, 0.15) is 10.8 Å². The Morgan fingerprint density at radius 3 is 2.71 bits per heavy atom. The fourth-order valence-corrected chi connectivity index (χ4v) is 5.21. The summed E-state index contributed by atoms with van der Waals surface area (Å²) in [5.74, 6) is 1.33. The van der Waals surface area contributed by atoms with Gasteiger partial charge >= 0.3 is 0 Å². The van der Waals surface area contributed by atoms with Crippen LogP contribution in [0.5, 0.6) is 0 Å². The van der Waals surface area contributed by atoms with Crippen molar-refractivity contribution in [3.8, 4) is 0 Å². The molecule has 1 saturated carbocycles. The second-order valence-corrected chi connectivity index (χ2v) is 8.92. The molecule has 0 amide bonds. The van der Waals surface area contributed by atoms with Crippen molar-refractivity contribution < 1.29 is 8.42 Å². The molecule has 0 aromatic carbocycles. The predicted molar refractivity (Wildman–Crippen MR) is 93.6 cm³/mol. The van der Waals surface area contributed by atoms with Crippen molar-refractivity contribution in [1.29, 1.82) is 0 Å². The van der Waals surface area contributed by atoms with Gasteiger partial charge in [-0.2, -0.15) is 8.42 Å². The van der Waals surface area contributed by atoms with E-state index in [1.54, 1.807) is 17.7 Å². The SMILES string of the molecule is CCn1cc(S(=O)(=O)Nc2nnc(CC3CCCCC3)s2)nc1C. The summed E-state index contributed by atoms with van der Waals surface area (Å²) >= 11 is 1.32. The summed E-state index contributed by atoms with van der Waals surface area (Å²) in [5, 5.41) is 9.36. The molecule has 0 unspecified atom stereocenters. The summed E-state index contributed by atoms with van der Waals surface area (Å²) < 4.78 is 29.2. The zero-order chi connectivity index (χ0) is 17.2. The smallest absolute Gasteiger partial charge is 0.282 e. The number of anilines is 1. The first-order valence-corrected chi connectivity index (χ1v) is 10.7. The molecule has 2 aromatic heterocycles. The largest absolute Gasteiger partial charge is 0.334 e. The lowest BCUT2D eigenvalue weighted by Crippen LogP contribution is -2.13. The van der Waals surface area contributed by atoms with Gasteiger partial charge in [0.2, 0.25) is 5.13 Å². The normalized spacial score (nSPS) is 16.4. The summed E-state index contributed by atoms with van der Waals surface area (Å²) in [4.78, 5) is 4.12. The Labute approximate surface area is 146 Å². The summed E-state index contributed by atoms with van der Waals surface area (Å²) in [6.07, 6.45) is 8.78. The van der Waals surface area contributed by atoms with Crippen molar-refractivity contribution in [2.75, 3.05) is 4.72 Å². The van der Waals surface area contributed by atoms with Gasteiger partial charge in [-0.25, -0.2) is 4.98 Å². The minimum atomic E-state index is -3.72. The van der Waals surface area contributed by atoms with Gasteiger partial charge in [0.25, 0.3) is 10.0 Å². The Morgan fingerprint density at radius 1 is 1.29 bits per heavy atom. The molecule has 7 nitrogen and oxygen atoms in total. The highest BCUT2D eigenvalue weighted by Gasteiger charge is 2.22. The maximum atomic E-state index is 12.4. The Kier molecular flexibility index (Phi) is 5.19. The standard InChI is InChI=1S/C15H23N5O2S2/c1-3-20-10-14(16-11(20)2)24(21,22)19-15-18-17-13(23-15)9-12-7-5-4-6-8-12/h10,12H,3-9H2,1-2H3,(H,18,19). The van der Waals surface area contributed by atoms with Gasteiger partial charge in [-0.1, -0.05) is 43.4 Å². The van der Waals surface area contributed by atoms with Gasteiger partial charge in [-0.15, -0.1) is 10.2 Å². The number of aromatic nitrogens is 4. The Bertz CT molecular complexity index is 791. The average molecular weight is 370 g/mol. The summed E-state index contributed by atoms with van der Waals surface area (Å²) in [7, 11) is -3.72. The fraction of sp³-hybridized carbons (Fsp3) is 0.667. The van der Waals surface area contributed by atoms with Crippen LogP contribution in [0.2, 0.25) is 0 Å². The Hall–Kier alpha value is -1.48. The van der Waals surface area contributed by atoms with Crippen LogP contribution in [0, 0.1) is 12.8 Å². The average Bonchev–Trinajstić information content (AvgIpc) is 3.14. The van der Waals surface area contributed by atoms with Crippen LogP contribution in [0.15, 0.2) is 11.2 Å². The molecular weight excluding hydrogens is 346 g/mol. The summed E-state index contributed by atoms with van der Waals surface area (Å²) in [6, 6.07) is 0. The number of imidazole rings is 1. The van der Waals surface area contributed by atoms with E-state index in [-0.39, 0.29) is 5.03 Å². The van der Waals surface area contributed by atoms with Crippen LogP contribution in [0.4, 0.5) is 5.13 Å². The number of hydrogen-bond acceptors (Lipinski definition) is 6. The molecule has 0 saturated heterocycles. The lowest BCUT2D eigenvalue weighted by Gasteiger charge is -2.19. The second kappa shape index (κ2) is 7.18. The minimum Gasteiger partial charge on any atom is -0.334 e. The molecule has 132 valence electrons. The molecule has 24 heavy (non-hydrogen) atoms. The van der Waals surface area contributed by atoms with E-state index in [2.05, 4.69) is 19.9 Å². The molecule has 2 aromatic rings. The van der Waals surface area contributed by atoms with Crippen molar-refractivity contribution >= 4 is 26.5 Å². The van der Waals surface area contributed by atoms with Gasteiger partial charge in [-0.05, 0) is 19.8 Å². The van der Waals surface area contributed by atoms with E-state index >= 15 is 0 Å². The molecule has 1 fully saturated rings. The van der Waals surface area contributed by atoms with Crippen LogP contribution in [0.1, 0.15) is 49.9 Å². The van der Waals surface area contributed by atoms with Crippen molar-refractivity contribution in [1.82, 2.24) is 19.7 Å². The van der Waals surface area contributed by atoms with Crippen molar-refractivity contribution in [3.63, 3.8) is 0 Å². The molecule has 0 bridgehead atoms. The number of nitrogens with one attached hydrogen (secondary N) is 1. The molecule has 0 radical (unpaired) electrons. The molecule has 1 N–H and O–H groups in total. The maximum absolute atomic E-state index is 12.4. The molecule has 1 aliphatic rings. The fourth-order valence-electron chi connectivity index (χ4n) is 3.11. The monoisotopic (exact) mass is 369 g/mol. The van der Waals surface area contributed by atoms with Crippen LogP contribution in [0.3, 0.4) is 0 Å². The van der Waals surface area contributed by atoms with Crippen molar-refractivity contribution in [3.05, 3.63) is 17.0 Å². The first kappa shape index (κ1) is 17.3. The van der Waals surface area contributed by atoms with Crippen molar-refractivity contribution in [2.45, 2.75) is 63.9 Å². The third-order valence-corrected chi connectivity index (χ3v) is 6.65. The van der Waals surface area contributed by atoms with E-state index in [0.29, 0.717) is 23.4 Å². The van der Waals surface area contributed by atoms with Crippen LogP contribution in [-0.2, 0) is 23.0 Å². The Balaban J connectivity index is 1.68. The second-order valence-electron chi connectivity index (χ2n) is 6.23. The quantitative estimate of drug-likeness (QED) is 0.845. The van der Waals surface area contributed by atoms with Gasteiger partial charge in [-0.3, -0.25) is 4.72 Å². The molecule has 3 rings (SSSR count). The predicted octanol–water partition coefficient (Wildman–Crippen LogP) is 2.99. The number of hydrogen-bond donors (Lipinski definition) is 1.